The first-order chi connectivity index (χ1) is 10.9. The van der Waals surface area contributed by atoms with E-state index in [1.54, 1.807) is 3.62 Å². The minimum absolute atomic E-state index is 0.344. The first-order valence-corrected chi connectivity index (χ1v) is 11.3. The summed E-state index contributed by atoms with van der Waals surface area (Å²) in [4.78, 5) is 2.48. The number of hydrogen-bond acceptors (Lipinski definition) is 0. The molecule has 22 heavy (non-hydrogen) atoms. The van der Waals surface area contributed by atoms with E-state index in [0.29, 0.717) is 15.0 Å². The fourth-order valence-corrected chi connectivity index (χ4v) is 7.26. The molecule has 0 fully saturated rings. The van der Waals surface area contributed by atoms with Gasteiger partial charge in [0, 0.05) is 0 Å². The molecule has 0 bridgehead atoms. The van der Waals surface area contributed by atoms with Crippen LogP contribution in [0.25, 0.3) is 3.62 Å². The molecular weight excluding hydrogens is 447 g/mol. The molecule has 0 spiro atoms. The fourth-order valence-electron chi connectivity index (χ4n) is 1.99. The zero-order valence-corrected chi connectivity index (χ0v) is 16.1. The average molecular weight is 463 g/mol. The Morgan fingerprint density at radius 3 is 1.86 bits per heavy atom. The zero-order chi connectivity index (χ0) is 15.0. The average Bonchev–Trinajstić information content (AvgIpc) is 2.61. The van der Waals surface area contributed by atoms with E-state index < -0.39 is 0 Å². The van der Waals surface area contributed by atoms with Crippen molar-refractivity contribution < 1.29 is 0 Å². The van der Waals surface area contributed by atoms with Crippen molar-refractivity contribution in [1.29, 1.82) is 0 Å². The van der Waals surface area contributed by atoms with Gasteiger partial charge in [-0.15, -0.1) is 0 Å². The van der Waals surface area contributed by atoms with Crippen molar-refractivity contribution in [3.8, 4) is 0 Å². The summed E-state index contributed by atoms with van der Waals surface area (Å²) in [5.41, 5.74) is 1.38. The summed E-state index contributed by atoms with van der Waals surface area (Å²) < 4.78 is 4.47. The summed E-state index contributed by atoms with van der Waals surface area (Å²) in [6.07, 6.45) is 0. The van der Waals surface area contributed by atoms with Crippen LogP contribution >= 0.6 is 0 Å². The first-order valence-electron chi connectivity index (χ1n) is 7.12. The van der Waals surface area contributed by atoms with E-state index in [9.17, 15) is 0 Å². The van der Waals surface area contributed by atoms with Gasteiger partial charge >= 0.3 is 149 Å². The third-order valence-corrected chi connectivity index (χ3v) is 9.09. The summed E-state index contributed by atoms with van der Waals surface area (Å²) in [6.45, 7) is 0. The predicted molar refractivity (Wildman–Crippen MR) is 98.1 cm³/mol. The molecule has 0 radical (unpaired) electrons. The van der Waals surface area contributed by atoms with Crippen LogP contribution in [0.5, 0.6) is 0 Å². The molecule has 0 atom stereocenters. The van der Waals surface area contributed by atoms with E-state index in [4.69, 9.17) is 0 Å². The Bertz CT molecular complexity index is 721. The van der Waals surface area contributed by atoms with Crippen molar-refractivity contribution in [1.82, 2.24) is 0 Å². The summed E-state index contributed by atoms with van der Waals surface area (Å²) in [5, 5.41) is 0. The zero-order valence-electron chi connectivity index (χ0n) is 12.1. The maximum atomic E-state index is 2.48. The van der Waals surface area contributed by atoms with Gasteiger partial charge in [-0.2, -0.15) is 0 Å². The molecule has 0 aliphatic carbocycles. The second-order valence-corrected chi connectivity index (χ2v) is 9.86. The molecule has 0 saturated carbocycles. The van der Waals surface area contributed by atoms with Crippen molar-refractivity contribution in [2.24, 2.45) is 0 Å². The van der Waals surface area contributed by atoms with Gasteiger partial charge in [-0.25, -0.2) is 0 Å². The van der Waals surface area contributed by atoms with Crippen LogP contribution in [0.3, 0.4) is 0 Å². The Morgan fingerprint density at radius 2 is 1.23 bits per heavy atom. The van der Waals surface area contributed by atoms with E-state index in [1.807, 2.05) is 0 Å². The molecule has 0 aromatic heterocycles. The SMILES string of the molecule is C(/[Se]c1ccccc1)=C(\[Te]c1ccccc1)c1ccccc1. The second-order valence-electron chi connectivity index (χ2n) is 4.69. The molecule has 0 nitrogen and oxygen atoms in total. The van der Waals surface area contributed by atoms with Crippen LogP contribution in [-0.4, -0.2) is 35.9 Å². The second kappa shape index (κ2) is 8.37. The van der Waals surface area contributed by atoms with Crippen molar-refractivity contribution in [2.45, 2.75) is 0 Å². The predicted octanol–water partition coefficient (Wildman–Crippen LogP) is 3.04. The Morgan fingerprint density at radius 1 is 0.682 bits per heavy atom. The molecule has 2 heteroatoms. The molecule has 0 heterocycles. The normalized spacial score (nSPS) is 11.4. The van der Waals surface area contributed by atoms with E-state index in [2.05, 4.69) is 96.0 Å². The number of rotatable bonds is 5. The van der Waals surface area contributed by atoms with Crippen LogP contribution < -0.4 is 8.07 Å². The molecule has 3 rings (SSSR count). The van der Waals surface area contributed by atoms with Gasteiger partial charge in [0.05, 0.1) is 0 Å². The van der Waals surface area contributed by atoms with E-state index in [1.165, 1.54) is 13.6 Å². The van der Waals surface area contributed by atoms with Gasteiger partial charge in [0.15, 0.2) is 0 Å². The molecule has 3 aromatic carbocycles. The van der Waals surface area contributed by atoms with Gasteiger partial charge in [0.25, 0.3) is 0 Å². The summed E-state index contributed by atoms with van der Waals surface area (Å²) in [6, 6.07) is 32.5. The van der Waals surface area contributed by atoms with E-state index >= 15 is 0 Å². The van der Waals surface area contributed by atoms with Crippen molar-refractivity contribution in [3.63, 3.8) is 0 Å². The third-order valence-electron chi connectivity index (χ3n) is 3.07. The van der Waals surface area contributed by atoms with Gasteiger partial charge in [-0.3, -0.25) is 0 Å². The van der Waals surface area contributed by atoms with Gasteiger partial charge in [-0.05, 0) is 0 Å². The molecule has 0 aliphatic heterocycles. The molecule has 0 N–H and O–H groups in total. The van der Waals surface area contributed by atoms with Crippen LogP contribution in [0.4, 0.5) is 0 Å². The van der Waals surface area contributed by atoms with Crippen LogP contribution in [-0.2, 0) is 0 Å². The Balaban J connectivity index is 1.86. The quantitative estimate of drug-likeness (QED) is 0.511. The fraction of sp³-hybridized carbons (Fsp3) is 0. The summed E-state index contributed by atoms with van der Waals surface area (Å²) >= 11 is 0.0509. The number of hydrogen-bond donors (Lipinski definition) is 0. The molecule has 0 unspecified atom stereocenters. The van der Waals surface area contributed by atoms with Crippen LogP contribution in [0.1, 0.15) is 5.56 Å². The van der Waals surface area contributed by atoms with Crippen molar-refractivity contribution in [3.05, 3.63) is 102 Å². The Kier molecular flexibility index (Phi) is 5.93. The topological polar surface area (TPSA) is 0 Å². The monoisotopic (exact) mass is 466 g/mol. The van der Waals surface area contributed by atoms with Gasteiger partial charge in [0.1, 0.15) is 0 Å². The summed E-state index contributed by atoms with van der Waals surface area (Å²) in [5.74, 6) is 0. The standard InChI is InChI=1S/C20H16SeTe/c1-4-10-17(11-5-1)20(22-19-14-8-3-9-15-19)16-21-18-12-6-2-7-13-18/h1-16H/b20-16+. The third kappa shape index (κ3) is 4.60. The molecule has 108 valence electrons. The van der Waals surface area contributed by atoms with Gasteiger partial charge in [-0.1, -0.05) is 0 Å². The molecule has 0 aliphatic rings. The van der Waals surface area contributed by atoms with Crippen LogP contribution in [0.15, 0.2) is 96.0 Å². The number of benzene rings is 3. The summed E-state index contributed by atoms with van der Waals surface area (Å²) in [7, 11) is 0. The van der Waals surface area contributed by atoms with E-state index in [-0.39, 0.29) is 20.9 Å². The maximum absolute atomic E-state index is 2.48. The first kappa shape index (κ1) is 15.6. The molecule has 0 saturated heterocycles. The van der Waals surface area contributed by atoms with Crippen LogP contribution in [0.2, 0.25) is 0 Å². The molecule has 0 amide bonds. The van der Waals surface area contributed by atoms with Gasteiger partial charge in [0.2, 0.25) is 0 Å². The van der Waals surface area contributed by atoms with Gasteiger partial charge < -0.3 is 0 Å². The minimum atomic E-state index is -0.344. The van der Waals surface area contributed by atoms with Crippen LogP contribution in [0, 0.1) is 0 Å². The Hall–Kier alpha value is -1.29. The Labute approximate surface area is 148 Å². The van der Waals surface area contributed by atoms with E-state index in [0.717, 1.165) is 0 Å². The van der Waals surface area contributed by atoms with Crippen molar-refractivity contribution in [2.75, 3.05) is 0 Å². The molecule has 3 aromatic rings. The molecular formula is C20H16SeTe. The van der Waals surface area contributed by atoms with Crippen molar-refractivity contribution >= 4 is 47.6 Å².